The zero-order chi connectivity index (χ0) is 22.6. The number of aromatic amines is 1. The van der Waals surface area contributed by atoms with E-state index in [9.17, 15) is 9.59 Å². The van der Waals surface area contributed by atoms with Gasteiger partial charge < -0.3 is 21.4 Å². The number of nitrogens with one attached hydrogen (secondary N) is 1. The molecular weight excluding hydrogens is 447 g/mol. The van der Waals surface area contributed by atoms with Crippen LogP contribution in [-0.2, 0) is 0 Å². The molecule has 1 atom stereocenters. The Balaban J connectivity index is 1.69. The number of H-pyrrole nitrogens is 1. The minimum Gasteiger partial charge on any atom is -0.366 e. The second-order valence-corrected chi connectivity index (χ2v) is 8.94. The lowest BCUT2D eigenvalue weighted by atomic mass is 9.98. The Bertz CT molecular complexity index is 1410. The second kappa shape index (κ2) is 7.81. The monoisotopic (exact) mass is 466 g/mol. The molecule has 5 rings (SSSR count). The number of benzene rings is 3. The minimum atomic E-state index is -0.550. The van der Waals surface area contributed by atoms with Gasteiger partial charge in [0.15, 0.2) is 0 Å². The molecule has 1 saturated heterocycles. The van der Waals surface area contributed by atoms with Crippen molar-refractivity contribution in [3.63, 3.8) is 0 Å². The average Bonchev–Trinajstić information content (AvgIpc) is 3.37. The third-order valence-corrected chi connectivity index (χ3v) is 6.72. The molecule has 0 unspecified atom stereocenters. The fourth-order valence-electron chi connectivity index (χ4n) is 4.32. The predicted octanol–water partition coefficient (Wildman–Crippen LogP) is 4.57. The Hall–Kier alpha value is -3.06. The standard InChI is InChI=1S/C24H20Cl2N4O2/c25-19-3-1-12(10-20(19)26)14-8-17-16-7-13(24(32)30-6-5-15(27)11-30)2-4-21(16)29-22(17)18(9-14)23(28)31/h1-4,7-10,15,29H,5-6,11,27H2,(H2,28,31)/t15-/m0/s1. The van der Waals surface area contributed by atoms with Crippen molar-refractivity contribution >= 4 is 56.8 Å². The summed E-state index contributed by atoms with van der Waals surface area (Å²) in [7, 11) is 0. The molecule has 0 aliphatic carbocycles. The first-order chi connectivity index (χ1) is 15.3. The van der Waals surface area contributed by atoms with E-state index in [2.05, 4.69) is 4.98 Å². The van der Waals surface area contributed by atoms with Crippen molar-refractivity contribution < 1.29 is 9.59 Å². The molecule has 4 aromatic rings. The first kappa shape index (κ1) is 20.8. The Morgan fingerprint density at radius 1 is 0.969 bits per heavy atom. The van der Waals surface area contributed by atoms with Crippen LogP contribution in [0.4, 0.5) is 0 Å². The van der Waals surface area contributed by atoms with E-state index in [1.165, 1.54) is 0 Å². The van der Waals surface area contributed by atoms with Crippen LogP contribution in [0.15, 0.2) is 48.5 Å². The molecule has 8 heteroatoms. The molecule has 1 aromatic heterocycles. The Kier molecular flexibility index (Phi) is 5.08. The topological polar surface area (TPSA) is 105 Å². The normalized spacial score (nSPS) is 16.2. The zero-order valence-electron chi connectivity index (χ0n) is 17.0. The van der Waals surface area contributed by atoms with Gasteiger partial charge in [-0.25, -0.2) is 0 Å². The fraction of sp³-hybridized carbons (Fsp3) is 0.167. The third kappa shape index (κ3) is 3.50. The van der Waals surface area contributed by atoms with E-state index in [1.807, 2.05) is 24.3 Å². The molecule has 162 valence electrons. The summed E-state index contributed by atoms with van der Waals surface area (Å²) >= 11 is 12.3. The van der Waals surface area contributed by atoms with Crippen molar-refractivity contribution in [1.82, 2.24) is 9.88 Å². The maximum atomic E-state index is 13.0. The summed E-state index contributed by atoms with van der Waals surface area (Å²) in [6, 6.07) is 14.5. The molecule has 0 spiro atoms. The molecule has 0 radical (unpaired) electrons. The molecule has 2 amide bonds. The molecule has 1 fully saturated rings. The van der Waals surface area contributed by atoms with Gasteiger partial charge in [-0.3, -0.25) is 9.59 Å². The number of rotatable bonds is 3. The van der Waals surface area contributed by atoms with Gasteiger partial charge in [0.05, 0.1) is 21.1 Å². The van der Waals surface area contributed by atoms with Crippen LogP contribution >= 0.6 is 23.2 Å². The number of fused-ring (bicyclic) bond motifs is 3. The maximum absolute atomic E-state index is 13.0. The molecule has 1 aliphatic heterocycles. The molecule has 6 nitrogen and oxygen atoms in total. The van der Waals surface area contributed by atoms with E-state index in [1.54, 1.807) is 29.2 Å². The summed E-state index contributed by atoms with van der Waals surface area (Å²) in [5, 5.41) is 2.49. The molecule has 1 aliphatic rings. The summed E-state index contributed by atoms with van der Waals surface area (Å²) in [4.78, 5) is 30.3. The molecule has 5 N–H and O–H groups in total. The lowest BCUT2D eigenvalue weighted by molar-refractivity contribution is 0.0790. The summed E-state index contributed by atoms with van der Waals surface area (Å²) < 4.78 is 0. The van der Waals surface area contributed by atoms with E-state index < -0.39 is 5.91 Å². The van der Waals surface area contributed by atoms with Crippen molar-refractivity contribution in [3.05, 3.63) is 69.7 Å². The number of nitrogens with zero attached hydrogens (tertiary/aromatic N) is 1. The zero-order valence-corrected chi connectivity index (χ0v) is 18.5. The highest BCUT2D eigenvalue weighted by atomic mass is 35.5. The highest BCUT2D eigenvalue weighted by molar-refractivity contribution is 6.42. The number of hydrogen-bond acceptors (Lipinski definition) is 3. The number of amides is 2. The lowest BCUT2D eigenvalue weighted by Crippen LogP contribution is -2.31. The van der Waals surface area contributed by atoms with Crippen molar-refractivity contribution in [1.29, 1.82) is 0 Å². The number of likely N-dealkylation sites (tertiary alicyclic amines) is 1. The van der Waals surface area contributed by atoms with E-state index in [0.717, 1.165) is 33.8 Å². The third-order valence-electron chi connectivity index (χ3n) is 5.99. The first-order valence-corrected chi connectivity index (χ1v) is 11.0. The van der Waals surface area contributed by atoms with Crippen LogP contribution in [0.5, 0.6) is 0 Å². The number of carbonyl (C=O) groups is 2. The molecule has 32 heavy (non-hydrogen) atoms. The summed E-state index contributed by atoms with van der Waals surface area (Å²) in [5.41, 5.74) is 15.6. The quantitative estimate of drug-likeness (QED) is 0.411. The molecule has 0 saturated carbocycles. The number of aromatic nitrogens is 1. The molecular formula is C24H20Cl2N4O2. The summed E-state index contributed by atoms with van der Waals surface area (Å²) in [6.45, 7) is 1.21. The van der Waals surface area contributed by atoms with Crippen molar-refractivity contribution in [2.75, 3.05) is 13.1 Å². The van der Waals surface area contributed by atoms with Gasteiger partial charge in [0.2, 0.25) is 0 Å². The van der Waals surface area contributed by atoms with Crippen LogP contribution in [0.2, 0.25) is 10.0 Å². The van der Waals surface area contributed by atoms with Gasteiger partial charge in [-0.05, 0) is 60.0 Å². The van der Waals surface area contributed by atoms with Crippen LogP contribution in [-0.4, -0.2) is 40.8 Å². The Morgan fingerprint density at radius 3 is 2.47 bits per heavy atom. The van der Waals surface area contributed by atoms with Gasteiger partial charge in [-0.1, -0.05) is 29.3 Å². The van der Waals surface area contributed by atoms with E-state index in [-0.39, 0.29) is 11.9 Å². The summed E-state index contributed by atoms with van der Waals surface area (Å²) in [6.07, 6.45) is 0.802. The van der Waals surface area contributed by atoms with Crippen LogP contribution in [0.1, 0.15) is 27.1 Å². The van der Waals surface area contributed by atoms with Crippen LogP contribution in [0.3, 0.4) is 0 Å². The average molecular weight is 467 g/mol. The van der Waals surface area contributed by atoms with Gasteiger partial charge in [0.25, 0.3) is 11.8 Å². The summed E-state index contributed by atoms with van der Waals surface area (Å²) in [5.74, 6) is -0.601. The highest BCUT2D eigenvalue weighted by Crippen LogP contribution is 2.35. The van der Waals surface area contributed by atoms with E-state index in [0.29, 0.717) is 39.8 Å². The molecule has 2 heterocycles. The van der Waals surface area contributed by atoms with Crippen molar-refractivity contribution in [2.24, 2.45) is 11.5 Å². The van der Waals surface area contributed by atoms with Gasteiger partial charge in [0.1, 0.15) is 0 Å². The number of carbonyl (C=O) groups excluding carboxylic acids is 2. The van der Waals surface area contributed by atoms with Gasteiger partial charge in [-0.2, -0.15) is 0 Å². The SMILES string of the molecule is NC(=O)c1cc(-c2ccc(Cl)c(Cl)c2)cc2c1[nH]c1ccc(C(=O)N3CC[C@H](N)C3)cc12. The van der Waals surface area contributed by atoms with Crippen molar-refractivity contribution in [2.45, 2.75) is 12.5 Å². The Labute approximate surface area is 194 Å². The van der Waals surface area contributed by atoms with Crippen LogP contribution in [0.25, 0.3) is 32.9 Å². The van der Waals surface area contributed by atoms with E-state index in [4.69, 9.17) is 34.7 Å². The van der Waals surface area contributed by atoms with E-state index >= 15 is 0 Å². The lowest BCUT2D eigenvalue weighted by Gasteiger charge is -2.15. The van der Waals surface area contributed by atoms with Gasteiger partial charge in [-0.15, -0.1) is 0 Å². The number of halogens is 2. The van der Waals surface area contributed by atoms with Crippen molar-refractivity contribution in [3.8, 4) is 11.1 Å². The largest absolute Gasteiger partial charge is 0.366 e. The van der Waals surface area contributed by atoms with Gasteiger partial charge >= 0.3 is 0 Å². The highest BCUT2D eigenvalue weighted by Gasteiger charge is 2.25. The number of nitrogens with two attached hydrogens (primary N) is 2. The van der Waals surface area contributed by atoms with Crippen LogP contribution < -0.4 is 11.5 Å². The first-order valence-electron chi connectivity index (χ1n) is 10.2. The number of hydrogen-bond donors (Lipinski definition) is 3. The molecule has 0 bridgehead atoms. The second-order valence-electron chi connectivity index (χ2n) is 8.12. The fourth-order valence-corrected chi connectivity index (χ4v) is 4.62. The smallest absolute Gasteiger partial charge is 0.253 e. The Morgan fingerprint density at radius 2 is 1.78 bits per heavy atom. The molecule has 3 aromatic carbocycles. The van der Waals surface area contributed by atoms with Gasteiger partial charge in [0, 0.05) is 41.0 Å². The maximum Gasteiger partial charge on any atom is 0.253 e. The predicted molar refractivity (Wildman–Crippen MR) is 128 cm³/mol. The number of primary amides is 1. The minimum absolute atomic E-state index is 0.0163. The van der Waals surface area contributed by atoms with Crippen LogP contribution in [0, 0.1) is 0 Å².